The molecular formula is C15H22N2O2S. The zero-order valence-corrected chi connectivity index (χ0v) is 12.9. The number of benzene rings is 1. The molecule has 0 unspecified atom stereocenters. The minimum Gasteiger partial charge on any atom is -0.398 e. The van der Waals surface area contributed by atoms with E-state index in [0.29, 0.717) is 22.7 Å². The van der Waals surface area contributed by atoms with Crippen molar-refractivity contribution in [3.8, 4) is 0 Å². The van der Waals surface area contributed by atoms with Crippen molar-refractivity contribution in [2.75, 3.05) is 12.3 Å². The second kappa shape index (κ2) is 5.97. The van der Waals surface area contributed by atoms with Crippen molar-refractivity contribution < 1.29 is 8.42 Å². The fourth-order valence-electron chi connectivity index (χ4n) is 2.64. The van der Waals surface area contributed by atoms with Gasteiger partial charge in [-0.25, -0.2) is 13.1 Å². The van der Waals surface area contributed by atoms with Gasteiger partial charge in [0.25, 0.3) is 0 Å². The van der Waals surface area contributed by atoms with Crippen LogP contribution >= 0.6 is 0 Å². The summed E-state index contributed by atoms with van der Waals surface area (Å²) in [5.74, 6) is 0. The first-order valence-electron chi connectivity index (χ1n) is 6.95. The van der Waals surface area contributed by atoms with Crippen LogP contribution in [0.5, 0.6) is 0 Å². The summed E-state index contributed by atoms with van der Waals surface area (Å²) in [5, 5.41) is 0. The third-order valence-electron chi connectivity index (χ3n) is 3.79. The van der Waals surface area contributed by atoms with Gasteiger partial charge in [-0.05, 0) is 56.7 Å². The number of nitrogens with two attached hydrogens (primary N) is 1. The SMILES string of the molecule is Cc1ccc(N)c(C)c1S(=O)(=O)NCCC1=CCCC1. The maximum absolute atomic E-state index is 12.4. The van der Waals surface area contributed by atoms with Crippen LogP contribution in [0.15, 0.2) is 28.7 Å². The van der Waals surface area contributed by atoms with E-state index < -0.39 is 10.0 Å². The van der Waals surface area contributed by atoms with Crippen molar-refractivity contribution in [3.63, 3.8) is 0 Å². The fraction of sp³-hybridized carbons (Fsp3) is 0.467. The van der Waals surface area contributed by atoms with Crippen molar-refractivity contribution in [1.29, 1.82) is 0 Å². The lowest BCUT2D eigenvalue weighted by Crippen LogP contribution is -2.26. The predicted octanol–water partition coefficient (Wildman–Crippen LogP) is 2.66. The van der Waals surface area contributed by atoms with E-state index in [0.717, 1.165) is 24.8 Å². The van der Waals surface area contributed by atoms with Crippen LogP contribution in [0.2, 0.25) is 0 Å². The van der Waals surface area contributed by atoms with E-state index in [2.05, 4.69) is 10.8 Å². The highest BCUT2D eigenvalue weighted by atomic mass is 32.2. The molecular weight excluding hydrogens is 272 g/mol. The Bertz CT molecular complexity index is 634. The lowest BCUT2D eigenvalue weighted by atomic mass is 10.1. The minimum absolute atomic E-state index is 0.318. The summed E-state index contributed by atoms with van der Waals surface area (Å²) < 4.78 is 27.5. The molecule has 0 heterocycles. The third-order valence-corrected chi connectivity index (χ3v) is 5.54. The number of rotatable bonds is 5. The second-order valence-electron chi connectivity index (χ2n) is 5.33. The molecule has 2 rings (SSSR count). The highest BCUT2D eigenvalue weighted by molar-refractivity contribution is 7.89. The van der Waals surface area contributed by atoms with Crippen LogP contribution < -0.4 is 10.5 Å². The summed E-state index contributed by atoms with van der Waals surface area (Å²) in [7, 11) is -3.49. The summed E-state index contributed by atoms with van der Waals surface area (Å²) in [6.45, 7) is 3.98. The van der Waals surface area contributed by atoms with Crippen molar-refractivity contribution >= 4 is 15.7 Å². The molecule has 0 radical (unpaired) electrons. The monoisotopic (exact) mass is 294 g/mol. The number of aryl methyl sites for hydroxylation is 1. The zero-order valence-electron chi connectivity index (χ0n) is 12.1. The Morgan fingerprint density at radius 1 is 1.30 bits per heavy atom. The normalized spacial score (nSPS) is 15.4. The standard InChI is InChI=1S/C15H22N2O2S/c1-11-7-8-14(16)12(2)15(11)20(18,19)17-10-9-13-5-3-4-6-13/h5,7-8,17H,3-4,6,9-10,16H2,1-2H3. The molecule has 1 aliphatic carbocycles. The highest BCUT2D eigenvalue weighted by Crippen LogP contribution is 2.25. The number of allylic oxidation sites excluding steroid dienone is 1. The smallest absolute Gasteiger partial charge is 0.241 e. The molecule has 110 valence electrons. The Morgan fingerprint density at radius 2 is 2.05 bits per heavy atom. The average Bonchev–Trinajstić information content (AvgIpc) is 2.87. The van der Waals surface area contributed by atoms with Gasteiger partial charge >= 0.3 is 0 Å². The van der Waals surface area contributed by atoms with E-state index >= 15 is 0 Å². The molecule has 5 heteroatoms. The maximum Gasteiger partial charge on any atom is 0.241 e. The van der Waals surface area contributed by atoms with Gasteiger partial charge in [0.2, 0.25) is 10.0 Å². The van der Waals surface area contributed by atoms with Gasteiger partial charge < -0.3 is 5.73 Å². The molecule has 1 aliphatic rings. The zero-order chi connectivity index (χ0) is 14.8. The first kappa shape index (κ1) is 15.1. The molecule has 1 aromatic carbocycles. The van der Waals surface area contributed by atoms with Crippen LogP contribution in [0.1, 0.15) is 36.8 Å². The Hall–Kier alpha value is -1.33. The molecule has 4 nitrogen and oxygen atoms in total. The largest absolute Gasteiger partial charge is 0.398 e. The summed E-state index contributed by atoms with van der Waals surface area (Å²) in [5.41, 5.74) is 9.03. The van der Waals surface area contributed by atoms with Crippen LogP contribution in [-0.2, 0) is 10.0 Å². The third kappa shape index (κ3) is 3.22. The van der Waals surface area contributed by atoms with Crippen molar-refractivity contribution in [1.82, 2.24) is 4.72 Å². The molecule has 3 N–H and O–H groups in total. The molecule has 0 aliphatic heterocycles. The van der Waals surface area contributed by atoms with Crippen LogP contribution in [0.25, 0.3) is 0 Å². The molecule has 0 fully saturated rings. The van der Waals surface area contributed by atoms with E-state index in [4.69, 9.17) is 5.73 Å². The Balaban J connectivity index is 2.12. The van der Waals surface area contributed by atoms with Crippen molar-refractivity contribution in [2.24, 2.45) is 0 Å². The molecule has 0 amide bonds. The van der Waals surface area contributed by atoms with Gasteiger partial charge in [0, 0.05) is 12.2 Å². The molecule has 0 saturated carbocycles. The molecule has 0 bridgehead atoms. The van der Waals surface area contributed by atoms with Gasteiger partial charge in [-0.2, -0.15) is 0 Å². The first-order valence-corrected chi connectivity index (χ1v) is 8.43. The van der Waals surface area contributed by atoms with Crippen LogP contribution in [-0.4, -0.2) is 15.0 Å². The lowest BCUT2D eigenvalue weighted by molar-refractivity contribution is 0.580. The van der Waals surface area contributed by atoms with Gasteiger partial charge in [0.1, 0.15) is 0 Å². The van der Waals surface area contributed by atoms with Gasteiger partial charge in [0.15, 0.2) is 0 Å². The number of nitrogens with one attached hydrogen (secondary N) is 1. The predicted molar refractivity (Wildman–Crippen MR) is 82.1 cm³/mol. The van der Waals surface area contributed by atoms with Gasteiger partial charge in [-0.3, -0.25) is 0 Å². The molecule has 0 spiro atoms. The van der Waals surface area contributed by atoms with E-state index in [9.17, 15) is 8.42 Å². The molecule has 0 atom stereocenters. The minimum atomic E-state index is -3.49. The number of hydrogen-bond donors (Lipinski definition) is 2. The quantitative estimate of drug-likeness (QED) is 0.648. The van der Waals surface area contributed by atoms with E-state index in [1.54, 1.807) is 26.0 Å². The van der Waals surface area contributed by atoms with Crippen molar-refractivity contribution in [3.05, 3.63) is 34.9 Å². The van der Waals surface area contributed by atoms with Gasteiger partial charge in [0.05, 0.1) is 4.90 Å². The number of sulfonamides is 1. The Kier molecular flexibility index (Phi) is 4.50. The Morgan fingerprint density at radius 3 is 2.70 bits per heavy atom. The van der Waals surface area contributed by atoms with E-state index in [-0.39, 0.29) is 0 Å². The summed E-state index contributed by atoms with van der Waals surface area (Å²) in [6, 6.07) is 3.49. The number of anilines is 1. The molecule has 0 saturated heterocycles. The van der Waals surface area contributed by atoms with Crippen LogP contribution in [0, 0.1) is 13.8 Å². The lowest BCUT2D eigenvalue weighted by Gasteiger charge is -2.13. The fourth-order valence-corrected chi connectivity index (χ4v) is 4.17. The molecule has 0 aromatic heterocycles. The molecule has 20 heavy (non-hydrogen) atoms. The van der Waals surface area contributed by atoms with E-state index in [1.165, 1.54) is 12.0 Å². The summed E-state index contributed by atoms with van der Waals surface area (Å²) >= 11 is 0. The maximum atomic E-state index is 12.4. The Labute approximate surface area is 121 Å². The second-order valence-corrected chi connectivity index (χ2v) is 7.03. The van der Waals surface area contributed by atoms with Gasteiger partial charge in [-0.1, -0.05) is 17.7 Å². The summed E-state index contributed by atoms with van der Waals surface area (Å²) in [4.78, 5) is 0.318. The van der Waals surface area contributed by atoms with Gasteiger partial charge in [-0.15, -0.1) is 0 Å². The first-order chi connectivity index (χ1) is 9.42. The van der Waals surface area contributed by atoms with E-state index in [1.807, 2.05) is 0 Å². The number of nitrogen functional groups attached to an aromatic ring is 1. The van der Waals surface area contributed by atoms with Crippen LogP contribution in [0.3, 0.4) is 0 Å². The van der Waals surface area contributed by atoms with Crippen LogP contribution in [0.4, 0.5) is 5.69 Å². The van der Waals surface area contributed by atoms with Crippen molar-refractivity contribution in [2.45, 2.75) is 44.4 Å². The number of hydrogen-bond acceptors (Lipinski definition) is 3. The highest BCUT2D eigenvalue weighted by Gasteiger charge is 2.20. The molecule has 1 aromatic rings. The average molecular weight is 294 g/mol. The summed E-state index contributed by atoms with van der Waals surface area (Å²) in [6.07, 6.45) is 6.41. The topological polar surface area (TPSA) is 72.2 Å².